The Morgan fingerprint density at radius 2 is 2.05 bits per heavy atom. The van der Waals surface area contributed by atoms with Crippen LogP contribution in [0, 0.1) is 6.92 Å². The summed E-state index contributed by atoms with van der Waals surface area (Å²) >= 11 is 0. The van der Waals surface area contributed by atoms with Gasteiger partial charge in [-0.1, -0.05) is 12.1 Å². The Hall–Kier alpha value is -1.94. The van der Waals surface area contributed by atoms with E-state index in [0.29, 0.717) is 0 Å². The van der Waals surface area contributed by atoms with Crippen molar-refractivity contribution in [3.8, 4) is 0 Å². The number of aromatic nitrogens is 2. The number of nitrogens with one attached hydrogen (secondary N) is 2. The lowest BCUT2D eigenvalue weighted by Gasteiger charge is -2.12. The van der Waals surface area contributed by atoms with Crippen molar-refractivity contribution in [2.75, 3.05) is 18.4 Å². The number of hydrogen-bond donors (Lipinski definition) is 2. The molecule has 0 fully saturated rings. The molecule has 0 amide bonds. The molecule has 0 spiro atoms. The molecule has 1 aliphatic heterocycles. The van der Waals surface area contributed by atoms with Crippen LogP contribution in [0.5, 0.6) is 0 Å². The van der Waals surface area contributed by atoms with E-state index in [2.05, 4.69) is 51.8 Å². The quantitative estimate of drug-likeness (QED) is 0.862. The SMILES string of the molecule is Cc1cccc(Nc2ncnc3c2CCNCC3)c1. The molecule has 1 aromatic carbocycles. The molecule has 0 saturated carbocycles. The normalized spacial score (nSPS) is 14.6. The Labute approximate surface area is 113 Å². The molecule has 0 radical (unpaired) electrons. The van der Waals surface area contributed by atoms with Crippen LogP contribution in [-0.2, 0) is 12.8 Å². The van der Waals surface area contributed by atoms with Gasteiger partial charge in [0, 0.05) is 24.2 Å². The van der Waals surface area contributed by atoms with E-state index in [9.17, 15) is 0 Å². The lowest BCUT2D eigenvalue weighted by molar-refractivity contribution is 0.708. The van der Waals surface area contributed by atoms with Crippen LogP contribution >= 0.6 is 0 Å². The van der Waals surface area contributed by atoms with E-state index in [0.717, 1.165) is 43.1 Å². The highest BCUT2D eigenvalue weighted by atomic mass is 15.0. The molecule has 1 aromatic heterocycles. The number of rotatable bonds is 2. The van der Waals surface area contributed by atoms with Crippen molar-refractivity contribution in [3.05, 3.63) is 47.4 Å². The van der Waals surface area contributed by atoms with E-state index in [1.54, 1.807) is 6.33 Å². The summed E-state index contributed by atoms with van der Waals surface area (Å²) in [7, 11) is 0. The first kappa shape index (κ1) is 12.1. The van der Waals surface area contributed by atoms with Crippen molar-refractivity contribution in [3.63, 3.8) is 0 Å². The van der Waals surface area contributed by atoms with E-state index in [4.69, 9.17) is 0 Å². The van der Waals surface area contributed by atoms with Gasteiger partial charge in [-0.2, -0.15) is 0 Å². The minimum absolute atomic E-state index is 0.944. The van der Waals surface area contributed by atoms with Crippen LogP contribution in [0.2, 0.25) is 0 Å². The van der Waals surface area contributed by atoms with Crippen LogP contribution < -0.4 is 10.6 Å². The average Bonchev–Trinajstić information content (AvgIpc) is 2.65. The fourth-order valence-electron chi connectivity index (χ4n) is 2.44. The zero-order valence-corrected chi connectivity index (χ0v) is 11.1. The average molecular weight is 254 g/mol. The Morgan fingerprint density at radius 1 is 1.16 bits per heavy atom. The van der Waals surface area contributed by atoms with Gasteiger partial charge in [-0.3, -0.25) is 0 Å². The highest BCUT2D eigenvalue weighted by Gasteiger charge is 2.13. The van der Waals surface area contributed by atoms with Crippen LogP contribution in [0.4, 0.5) is 11.5 Å². The van der Waals surface area contributed by atoms with Gasteiger partial charge < -0.3 is 10.6 Å². The molecular weight excluding hydrogens is 236 g/mol. The summed E-state index contributed by atoms with van der Waals surface area (Å²) in [5.74, 6) is 0.944. The second-order valence-electron chi connectivity index (χ2n) is 4.89. The largest absolute Gasteiger partial charge is 0.340 e. The third-order valence-corrected chi connectivity index (χ3v) is 3.41. The summed E-state index contributed by atoms with van der Waals surface area (Å²) in [6.45, 7) is 4.08. The van der Waals surface area contributed by atoms with Crippen molar-refractivity contribution in [2.24, 2.45) is 0 Å². The summed E-state index contributed by atoms with van der Waals surface area (Å²) < 4.78 is 0. The van der Waals surface area contributed by atoms with Gasteiger partial charge in [0.1, 0.15) is 12.1 Å². The zero-order valence-electron chi connectivity index (χ0n) is 11.1. The molecule has 2 aromatic rings. The summed E-state index contributed by atoms with van der Waals surface area (Å²) in [6, 6.07) is 8.34. The predicted molar refractivity (Wildman–Crippen MR) is 76.8 cm³/mol. The second-order valence-corrected chi connectivity index (χ2v) is 4.89. The van der Waals surface area contributed by atoms with Crippen molar-refractivity contribution >= 4 is 11.5 Å². The smallest absolute Gasteiger partial charge is 0.137 e. The fourth-order valence-corrected chi connectivity index (χ4v) is 2.44. The maximum Gasteiger partial charge on any atom is 0.137 e. The standard InChI is InChI=1S/C15H18N4/c1-11-3-2-4-12(9-11)19-15-13-5-7-16-8-6-14(13)17-10-18-15/h2-4,9-10,16H,5-8H2,1H3,(H,17,18,19). The van der Waals surface area contributed by atoms with Crippen LogP contribution in [0.15, 0.2) is 30.6 Å². The highest BCUT2D eigenvalue weighted by molar-refractivity contribution is 5.60. The summed E-state index contributed by atoms with van der Waals surface area (Å²) in [5, 5.41) is 6.82. The maximum absolute atomic E-state index is 4.41. The van der Waals surface area contributed by atoms with Gasteiger partial charge >= 0.3 is 0 Å². The summed E-state index contributed by atoms with van der Waals surface area (Å²) in [6.07, 6.45) is 3.60. The van der Waals surface area contributed by atoms with Gasteiger partial charge in [0.2, 0.25) is 0 Å². The van der Waals surface area contributed by atoms with E-state index in [-0.39, 0.29) is 0 Å². The number of anilines is 2. The van der Waals surface area contributed by atoms with Crippen molar-refractivity contribution in [1.29, 1.82) is 0 Å². The van der Waals surface area contributed by atoms with Crippen molar-refractivity contribution < 1.29 is 0 Å². The predicted octanol–water partition coefficient (Wildman–Crippen LogP) is 2.22. The van der Waals surface area contributed by atoms with E-state index >= 15 is 0 Å². The van der Waals surface area contributed by atoms with Crippen LogP contribution in [0.3, 0.4) is 0 Å². The van der Waals surface area contributed by atoms with Gasteiger partial charge in [0.25, 0.3) is 0 Å². The first-order valence-electron chi connectivity index (χ1n) is 6.70. The number of hydrogen-bond acceptors (Lipinski definition) is 4. The third kappa shape index (κ3) is 2.74. The number of fused-ring (bicyclic) bond motifs is 1. The number of benzene rings is 1. The molecule has 1 aliphatic rings. The lowest BCUT2D eigenvalue weighted by atomic mass is 10.1. The molecule has 0 saturated heterocycles. The van der Waals surface area contributed by atoms with E-state index < -0.39 is 0 Å². The summed E-state index contributed by atoms with van der Waals surface area (Å²) in [4.78, 5) is 8.82. The van der Waals surface area contributed by atoms with Crippen LogP contribution in [0.1, 0.15) is 16.8 Å². The number of nitrogens with zero attached hydrogens (tertiary/aromatic N) is 2. The monoisotopic (exact) mass is 254 g/mol. The first-order chi connectivity index (χ1) is 9.33. The van der Waals surface area contributed by atoms with Gasteiger partial charge in [0.15, 0.2) is 0 Å². The van der Waals surface area contributed by atoms with Gasteiger partial charge in [-0.25, -0.2) is 9.97 Å². The molecule has 19 heavy (non-hydrogen) atoms. The number of aryl methyl sites for hydroxylation is 1. The Bertz CT molecular complexity index is 580. The molecule has 4 heteroatoms. The molecule has 98 valence electrons. The van der Waals surface area contributed by atoms with Gasteiger partial charge in [-0.15, -0.1) is 0 Å². The lowest BCUT2D eigenvalue weighted by Crippen LogP contribution is -2.16. The Kier molecular flexibility index (Phi) is 3.42. The molecule has 0 aliphatic carbocycles. The van der Waals surface area contributed by atoms with Crippen molar-refractivity contribution in [2.45, 2.75) is 19.8 Å². The van der Waals surface area contributed by atoms with Crippen molar-refractivity contribution in [1.82, 2.24) is 15.3 Å². The molecule has 0 atom stereocenters. The third-order valence-electron chi connectivity index (χ3n) is 3.41. The minimum atomic E-state index is 0.944. The molecule has 4 nitrogen and oxygen atoms in total. The minimum Gasteiger partial charge on any atom is -0.340 e. The summed E-state index contributed by atoms with van der Waals surface area (Å²) in [5.41, 5.74) is 4.73. The van der Waals surface area contributed by atoms with Gasteiger partial charge in [-0.05, 0) is 37.6 Å². The molecule has 3 rings (SSSR count). The second kappa shape index (κ2) is 5.36. The zero-order chi connectivity index (χ0) is 13.1. The topological polar surface area (TPSA) is 49.8 Å². The molecule has 2 N–H and O–H groups in total. The van der Waals surface area contributed by atoms with Gasteiger partial charge in [0.05, 0.1) is 5.69 Å². The van der Waals surface area contributed by atoms with E-state index in [1.807, 2.05) is 0 Å². The Balaban J connectivity index is 1.93. The molecular formula is C15H18N4. The fraction of sp³-hybridized carbons (Fsp3) is 0.333. The van der Waals surface area contributed by atoms with Crippen LogP contribution in [0.25, 0.3) is 0 Å². The van der Waals surface area contributed by atoms with Crippen LogP contribution in [-0.4, -0.2) is 23.1 Å². The Morgan fingerprint density at radius 3 is 2.95 bits per heavy atom. The molecule has 0 unspecified atom stereocenters. The first-order valence-corrected chi connectivity index (χ1v) is 6.70. The van der Waals surface area contributed by atoms with E-state index in [1.165, 1.54) is 11.1 Å². The molecule has 0 bridgehead atoms. The molecule has 2 heterocycles. The highest BCUT2D eigenvalue weighted by Crippen LogP contribution is 2.22. The maximum atomic E-state index is 4.41.